The van der Waals surface area contributed by atoms with Gasteiger partial charge in [0.1, 0.15) is 0 Å². The Hall–Kier alpha value is -0.570. The van der Waals surface area contributed by atoms with Crippen LogP contribution in [0.15, 0.2) is 0 Å². The minimum absolute atomic E-state index is 0.138. The van der Waals surface area contributed by atoms with Crippen molar-refractivity contribution in [2.45, 2.75) is 78.4 Å². The number of amides is 1. The molecule has 3 nitrogen and oxygen atoms in total. The highest BCUT2D eigenvalue weighted by molar-refractivity contribution is 5.78. The molecule has 0 aromatic heterocycles. The van der Waals surface area contributed by atoms with Crippen LogP contribution >= 0.6 is 0 Å². The number of piperidine rings is 1. The van der Waals surface area contributed by atoms with Crippen molar-refractivity contribution < 1.29 is 9.53 Å². The molecule has 0 unspecified atom stereocenters. The molecular weight excluding hydrogens is 250 g/mol. The van der Waals surface area contributed by atoms with Gasteiger partial charge in [0.15, 0.2) is 0 Å². The van der Waals surface area contributed by atoms with Crippen molar-refractivity contribution in [2.24, 2.45) is 11.3 Å². The van der Waals surface area contributed by atoms with E-state index >= 15 is 0 Å². The number of likely N-dealkylation sites (tertiary alicyclic amines) is 1. The SMILES string of the molecule is CC(C)OC1CCC2(CC1)CCN(C(=O)C(C)C)CC2. The van der Waals surface area contributed by atoms with Gasteiger partial charge in [-0.25, -0.2) is 0 Å². The monoisotopic (exact) mass is 281 g/mol. The van der Waals surface area contributed by atoms with Gasteiger partial charge >= 0.3 is 0 Å². The van der Waals surface area contributed by atoms with E-state index in [0.29, 0.717) is 23.5 Å². The highest BCUT2D eigenvalue weighted by Crippen LogP contribution is 2.45. The lowest BCUT2D eigenvalue weighted by Crippen LogP contribution is -2.46. The summed E-state index contributed by atoms with van der Waals surface area (Å²) in [6.45, 7) is 10.2. The van der Waals surface area contributed by atoms with Gasteiger partial charge in [-0.15, -0.1) is 0 Å². The number of carbonyl (C=O) groups is 1. The summed E-state index contributed by atoms with van der Waals surface area (Å²) in [6.07, 6.45) is 8.18. The van der Waals surface area contributed by atoms with E-state index in [4.69, 9.17) is 4.74 Å². The summed E-state index contributed by atoms with van der Waals surface area (Å²) in [5, 5.41) is 0. The van der Waals surface area contributed by atoms with Crippen LogP contribution in [0.3, 0.4) is 0 Å². The summed E-state index contributed by atoms with van der Waals surface area (Å²) in [5.74, 6) is 0.468. The van der Waals surface area contributed by atoms with Gasteiger partial charge in [0.2, 0.25) is 5.91 Å². The first-order valence-electron chi connectivity index (χ1n) is 8.36. The Bertz CT molecular complexity index is 320. The smallest absolute Gasteiger partial charge is 0.225 e. The zero-order valence-corrected chi connectivity index (χ0v) is 13.7. The Morgan fingerprint density at radius 3 is 2.05 bits per heavy atom. The van der Waals surface area contributed by atoms with Crippen molar-refractivity contribution >= 4 is 5.91 Å². The minimum atomic E-state index is 0.138. The molecule has 116 valence electrons. The van der Waals surface area contributed by atoms with E-state index in [1.165, 1.54) is 38.5 Å². The minimum Gasteiger partial charge on any atom is -0.376 e. The second-order valence-electron chi connectivity index (χ2n) is 7.36. The molecule has 0 atom stereocenters. The van der Waals surface area contributed by atoms with Gasteiger partial charge in [0.25, 0.3) is 0 Å². The second kappa shape index (κ2) is 6.46. The first-order valence-corrected chi connectivity index (χ1v) is 8.36. The highest BCUT2D eigenvalue weighted by atomic mass is 16.5. The molecule has 1 saturated heterocycles. The number of ether oxygens (including phenoxy) is 1. The average molecular weight is 281 g/mol. The van der Waals surface area contributed by atoms with E-state index < -0.39 is 0 Å². The van der Waals surface area contributed by atoms with Crippen molar-refractivity contribution in [2.75, 3.05) is 13.1 Å². The first kappa shape index (κ1) is 15.8. The summed E-state index contributed by atoms with van der Waals surface area (Å²) < 4.78 is 5.95. The molecule has 3 heteroatoms. The summed E-state index contributed by atoms with van der Waals surface area (Å²) in [7, 11) is 0. The van der Waals surface area contributed by atoms with Crippen molar-refractivity contribution in [3.8, 4) is 0 Å². The fourth-order valence-corrected chi connectivity index (χ4v) is 3.79. The number of hydrogen-bond acceptors (Lipinski definition) is 2. The normalized spacial score (nSPS) is 23.8. The van der Waals surface area contributed by atoms with Crippen LogP contribution < -0.4 is 0 Å². The maximum Gasteiger partial charge on any atom is 0.225 e. The third-order valence-corrected chi connectivity index (χ3v) is 5.09. The Balaban J connectivity index is 1.81. The van der Waals surface area contributed by atoms with Crippen molar-refractivity contribution in [3.63, 3.8) is 0 Å². The lowest BCUT2D eigenvalue weighted by Gasteiger charge is -2.46. The number of nitrogens with zero attached hydrogens (tertiary/aromatic N) is 1. The van der Waals surface area contributed by atoms with Gasteiger partial charge in [-0.2, -0.15) is 0 Å². The van der Waals surface area contributed by atoms with Crippen molar-refractivity contribution in [3.05, 3.63) is 0 Å². The van der Waals surface area contributed by atoms with E-state index in [1.54, 1.807) is 0 Å². The lowest BCUT2D eigenvalue weighted by atomic mass is 9.67. The first-order chi connectivity index (χ1) is 9.42. The average Bonchev–Trinajstić information content (AvgIpc) is 2.41. The molecule has 1 saturated carbocycles. The van der Waals surface area contributed by atoms with Crippen LogP contribution in [0.25, 0.3) is 0 Å². The molecule has 1 spiro atoms. The Labute approximate surface area is 124 Å². The van der Waals surface area contributed by atoms with Gasteiger partial charge in [0, 0.05) is 19.0 Å². The molecule has 2 aliphatic rings. The fourth-order valence-electron chi connectivity index (χ4n) is 3.79. The molecule has 1 heterocycles. The number of rotatable bonds is 3. The maximum atomic E-state index is 12.0. The summed E-state index contributed by atoms with van der Waals surface area (Å²) in [4.78, 5) is 14.1. The van der Waals surface area contributed by atoms with Gasteiger partial charge in [-0.05, 0) is 57.8 Å². The van der Waals surface area contributed by atoms with E-state index in [2.05, 4.69) is 18.7 Å². The molecule has 1 aliphatic carbocycles. The molecule has 1 aliphatic heterocycles. The third kappa shape index (κ3) is 3.75. The van der Waals surface area contributed by atoms with E-state index in [9.17, 15) is 4.79 Å². The van der Waals surface area contributed by atoms with Crippen molar-refractivity contribution in [1.29, 1.82) is 0 Å². The number of hydrogen-bond donors (Lipinski definition) is 0. The van der Waals surface area contributed by atoms with Crippen LogP contribution in [0.4, 0.5) is 0 Å². The van der Waals surface area contributed by atoms with Crippen LogP contribution in [0.2, 0.25) is 0 Å². The molecule has 0 radical (unpaired) electrons. The predicted molar refractivity (Wildman–Crippen MR) is 81.6 cm³/mol. The van der Waals surface area contributed by atoms with Crippen LogP contribution in [0.5, 0.6) is 0 Å². The summed E-state index contributed by atoms with van der Waals surface area (Å²) in [5.41, 5.74) is 0.505. The zero-order chi connectivity index (χ0) is 14.8. The molecule has 0 N–H and O–H groups in total. The van der Waals surface area contributed by atoms with Crippen LogP contribution in [-0.2, 0) is 9.53 Å². The zero-order valence-electron chi connectivity index (χ0n) is 13.7. The quantitative estimate of drug-likeness (QED) is 0.790. The van der Waals surface area contributed by atoms with Crippen molar-refractivity contribution in [1.82, 2.24) is 4.90 Å². The molecule has 0 aromatic rings. The lowest BCUT2D eigenvalue weighted by molar-refractivity contribution is -0.137. The van der Waals surface area contributed by atoms with Crippen LogP contribution in [-0.4, -0.2) is 36.1 Å². The van der Waals surface area contributed by atoms with Crippen LogP contribution in [0, 0.1) is 11.3 Å². The summed E-state index contributed by atoms with van der Waals surface area (Å²) >= 11 is 0. The molecule has 0 bridgehead atoms. The van der Waals surface area contributed by atoms with Crippen LogP contribution in [0.1, 0.15) is 66.2 Å². The van der Waals surface area contributed by atoms with E-state index in [-0.39, 0.29) is 5.92 Å². The molecule has 2 fully saturated rings. The maximum absolute atomic E-state index is 12.0. The third-order valence-electron chi connectivity index (χ3n) is 5.09. The molecular formula is C17H31NO2. The largest absolute Gasteiger partial charge is 0.376 e. The number of carbonyl (C=O) groups excluding carboxylic acids is 1. The second-order valence-corrected chi connectivity index (χ2v) is 7.36. The molecule has 1 amide bonds. The topological polar surface area (TPSA) is 29.5 Å². The van der Waals surface area contributed by atoms with Gasteiger partial charge in [-0.3, -0.25) is 4.79 Å². The Morgan fingerprint density at radius 1 is 1.05 bits per heavy atom. The van der Waals surface area contributed by atoms with Gasteiger partial charge in [0.05, 0.1) is 12.2 Å². The standard InChI is InChI=1S/C17H31NO2/c1-13(2)16(19)18-11-9-17(10-12-18)7-5-15(6-8-17)20-14(3)4/h13-15H,5-12H2,1-4H3. The summed E-state index contributed by atoms with van der Waals surface area (Å²) in [6, 6.07) is 0. The Morgan fingerprint density at radius 2 is 1.60 bits per heavy atom. The highest BCUT2D eigenvalue weighted by Gasteiger charge is 2.39. The van der Waals surface area contributed by atoms with Gasteiger partial charge < -0.3 is 9.64 Å². The van der Waals surface area contributed by atoms with E-state index in [1.807, 2.05) is 13.8 Å². The van der Waals surface area contributed by atoms with E-state index in [0.717, 1.165) is 13.1 Å². The fraction of sp³-hybridized carbons (Fsp3) is 0.941. The van der Waals surface area contributed by atoms with Gasteiger partial charge in [-0.1, -0.05) is 13.8 Å². The Kier molecular flexibility index (Phi) is 5.11. The molecule has 0 aromatic carbocycles. The molecule has 2 rings (SSSR count). The molecule has 20 heavy (non-hydrogen) atoms. The predicted octanol–water partition coefficient (Wildman–Crippen LogP) is 3.62.